The standard InChI is InChI=1S/C14H31BrOSi/c1-11(2)13(12(3)9-10-15)16-17(7,8)14(4,5)6/h11-13H,9-10H2,1-8H3/t12-,13+/m0/s1. The summed E-state index contributed by atoms with van der Waals surface area (Å²) in [5, 5.41) is 1.37. The minimum absolute atomic E-state index is 0.300. The second-order valence-corrected chi connectivity index (χ2v) is 12.6. The molecule has 1 nitrogen and oxygen atoms in total. The summed E-state index contributed by atoms with van der Waals surface area (Å²) >= 11 is 3.54. The van der Waals surface area contributed by atoms with Gasteiger partial charge in [-0.2, -0.15) is 0 Å². The van der Waals surface area contributed by atoms with Crippen LogP contribution in [0.3, 0.4) is 0 Å². The average Bonchev–Trinajstić information content (AvgIpc) is 2.12. The normalized spacial score (nSPS) is 17.3. The van der Waals surface area contributed by atoms with Crippen LogP contribution < -0.4 is 0 Å². The molecule has 0 saturated heterocycles. The molecule has 0 aromatic heterocycles. The van der Waals surface area contributed by atoms with Crippen LogP contribution in [0, 0.1) is 11.8 Å². The molecule has 0 N–H and O–H groups in total. The lowest BCUT2D eigenvalue weighted by atomic mass is 9.93. The molecule has 0 amide bonds. The molecule has 2 atom stereocenters. The van der Waals surface area contributed by atoms with Crippen LogP contribution in [0.1, 0.15) is 48.0 Å². The zero-order valence-corrected chi connectivity index (χ0v) is 15.5. The lowest BCUT2D eigenvalue weighted by molar-refractivity contribution is 0.0810. The number of alkyl halides is 1. The highest BCUT2D eigenvalue weighted by molar-refractivity contribution is 9.09. The van der Waals surface area contributed by atoms with E-state index in [0.29, 0.717) is 23.0 Å². The van der Waals surface area contributed by atoms with Crippen molar-refractivity contribution in [2.75, 3.05) is 5.33 Å². The third-order valence-electron chi connectivity index (χ3n) is 4.02. The lowest BCUT2D eigenvalue weighted by Gasteiger charge is -2.42. The van der Waals surface area contributed by atoms with Crippen molar-refractivity contribution in [1.29, 1.82) is 0 Å². The summed E-state index contributed by atoms with van der Waals surface area (Å²) in [6.07, 6.45) is 1.59. The maximum atomic E-state index is 6.60. The summed E-state index contributed by atoms with van der Waals surface area (Å²) in [5.74, 6) is 1.22. The fourth-order valence-corrected chi connectivity index (χ4v) is 4.02. The molecule has 0 aliphatic rings. The van der Waals surface area contributed by atoms with E-state index in [2.05, 4.69) is 70.6 Å². The van der Waals surface area contributed by atoms with Crippen molar-refractivity contribution in [3.8, 4) is 0 Å². The molecule has 0 rings (SSSR count). The molecule has 3 heteroatoms. The Morgan fingerprint density at radius 2 is 1.59 bits per heavy atom. The Kier molecular flexibility index (Phi) is 6.98. The first kappa shape index (κ1) is 17.7. The van der Waals surface area contributed by atoms with Gasteiger partial charge in [0.25, 0.3) is 0 Å². The van der Waals surface area contributed by atoms with Gasteiger partial charge in [-0.15, -0.1) is 0 Å². The Morgan fingerprint density at radius 1 is 1.12 bits per heavy atom. The first-order valence-corrected chi connectivity index (χ1v) is 10.8. The largest absolute Gasteiger partial charge is 0.413 e. The van der Waals surface area contributed by atoms with E-state index in [1.54, 1.807) is 0 Å². The zero-order chi connectivity index (χ0) is 13.9. The van der Waals surface area contributed by atoms with Crippen molar-refractivity contribution in [2.24, 2.45) is 11.8 Å². The van der Waals surface area contributed by atoms with E-state index in [4.69, 9.17) is 4.43 Å². The van der Waals surface area contributed by atoms with Crippen LogP contribution in [0.5, 0.6) is 0 Å². The second-order valence-electron chi connectivity index (χ2n) is 7.04. The summed E-state index contributed by atoms with van der Waals surface area (Å²) < 4.78 is 6.60. The molecule has 0 heterocycles. The Balaban J connectivity index is 4.77. The molecule has 0 fully saturated rings. The van der Waals surface area contributed by atoms with Crippen molar-refractivity contribution in [3.63, 3.8) is 0 Å². The van der Waals surface area contributed by atoms with Crippen molar-refractivity contribution < 1.29 is 4.43 Å². The maximum Gasteiger partial charge on any atom is 0.192 e. The van der Waals surface area contributed by atoms with Gasteiger partial charge >= 0.3 is 0 Å². The molecule has 0 aromatic rings. The van der Waals surface area contributed by atoms with E-state index in [1.165, 1.54) is 6.42 Å². The van der Waals surface area contributed by atoms with E-state index in [9.17, 15) is 0 Å². The highest BCUT2D eigenvalue weighted by atomic mass is 79.9. The topological polar surface area (TPSA) is 9.23 Å². The van der Waals surface area contributed by atoms with E-state index < -0.39 is 8.32 Å². The summed E-state index contributed by atoms with van der Waals surface area (Å²) in [6, 6.07) is 0. The third kappa shape index (κ3) is 5.44. The van der Waals surface area contributed by atoms with Crippen LogP contribution in [0.15, 0.2) is 0 Å². The zero-order valence-electron chi connectivity index (χ0n) is 12.9. The Hall–Kier alpha value is 0.657. The number of hydrogen-bond acceptors (Lipinski definition) is 1. The summed E-state index contributed by atoms with van der Waals surface area (Å²) in [6.45, 7) is 18.5. The van der Waals surface area contributed by atoms with Gasteiger partial charge in [-0.1, -0.05) is 57.5 Å². The highest BCUT2D eigenvalue weighted by Crippen LogP contribution is 2.39. The average molecular weight is 323 g/mol. The van der Waals surface area contributed by atoms with Crippen LogP contribution >= 0.6 is 15.9 Å². The Labute approximate surface area is 118 Å². The molecule has 0 aliphatic heterocycles. The van der Waals surface area contributed by atoms with Gasteiger partial charge < -0.3 is 4.43 Å². The molecule has 0 bridgehead atoms. The molecule has 0 spiro atoms. The molecule has 0 aromatic carbocycles. The molecule has 0 aliphatic carbocycles. The van der Waals surface area contributed by atoms with Gasteiger partial charge in [0, 0.05) is 11.4 Å². The van der Waals surface area contributed by atoms with E-state index in [-0.39, 0.29) is 0 Å². The van der Waals surface area contributed by atoms with E-state index >= 15 is 0 Å². The SMILES string of the molecule is CC(C)[C@@H](O[Si](C)(C)C(C)(C)C)[C@@H](C)CCBr. The lowest BCUT2D eigenvalue weighted by Crippen LogP contribution is -2.47. The molecule has 0 unspecified atom stereocenters. The molecule has 0 saturated carbocycles. The minimum atomic E-state index is -1.64. The fraction of sp³-hybridized carbons (Fsp3) is 1.00. The predicted octanol–water partition coefficient (Wildman–Crippen LogP) is 5.45. The van der Waals surface area contributed by atoms with Crippen LogP contribution in [0.2, 0.25) is 18.1 Å². The predicted molar refractivity (Wildman–Crippen MR) is 84.5 cm³/mol. The van der Waals surface area contributed by atoms with Gasteiger partial charge in [-0.05, 0) is 36.4 Å². The van der Waals surface area contributed by atoms with Crippen LogP contribution in [0.25, 0.3) is 0 Å². The van der Waals surface area contributed by atoms with Gasteiger partial charge in [-0.3, -0.25) is 0 Å². The molecular formula is C14H31BrOSi. The molecule has 104 valence electrons. The quantitative estimate of drug-likeness (QED) is 0.466. The molecule has 17 heavy (non-hydrogen) atoms. The van der Waals surface area contributed by atoms with Gasteiger partial charge in [0.1, 0.15) is 0 Å². The van der Waals surface area contributed by atoms with Crippen LogP contribution in [-0.4, -0.2) is 19.8 Å². The molecule has 0 radical (unpaired) electrons. The summed E-state index contributed by atoms with van der Waals surface area (Å²) in [5.41, 5.74) is 0. The van der Waals surface area contributed by atoms with Gasteiger partial charge in [0.05, 0.1) is 0 Å². The monoisotopic (exact) mass is 322 g/mol. The van der Waals surface area contributed by atoms with Crippen molar-refractivity contribution in [1.82, 2.24) is 0 Å². The third-order valence-corrected chi connectivity index (χ3v) is 8.95. The highest BCUT2D eigenvalue weighted by Gasteiger charge is 2.40. The van der Waals surface area contributed by atoms with E-state index in [0.717, 1.165) is 5.33 Å². The first-order valence-electron chi connectivity index (χ1n) is 6.76. The maximum absolute atomic E-state index is 6.60. The van der Waals surface area contributed by atoms with Gasteiger partial charge in [0.15, 0.2) is 8.32 Å². The van der Waals surface area contributed by atoms with Crippen molar-refractivity contribution in [3.05, 3.63) is 0 Å². The van der Waals surface area contributed by atoms with Crippen LogP contribution in [-0.2, 0) is 4.43 Å². The van der Waals surface area contributed by atoms with Crippen molar-refractivity contribution in [2.45, 2.75) is 72.2 Å². The summed E-state index contributed by atoms with van der Waals surface area (Å²) in [7, 11) is -1.64. The smallest absolute Gasteiger partial charge is 0.192 e. The van der Waals surface area contributed by atoms with Crippen molar-refractivity contribution >= 4 is 24.2 Å². The fourth-order valence-electron chi connectivity index (χ4n) is 1.76. The molecular weight excluding hydrogens is 292 g/mol. The van der Waals surface area contributed by atoms with Crippen LogP contribution in [0.4, 0.5) is 0 Å². The number of rotatable bonds is 6. The van der Waals surface area contributed by atoms with E-state index in [1.807, 2.05) is 0 Å². The van der Waals surface area contributed by atoms with Gasteiger partial charge in [0.2, 0.25) is 0 Å². The Morgan fingerprint density at radius 3 is 1.88 bits per heavy atom. The Bertz CT molecular complexity index is 221. The van der Waals surface area contributed by atoms with Gasteiger partial charge in [-0.25, -0.2) is 0 Å². The second kappa shape index (κ2) is 6.72. The first-order chi connectivity index (χ1) is 7.53. The summed E-state index contributed by atoms with van der Waals surface area (Å²) in [4.78, 5) is 0. The minimum Gasteiger partial charge on any atom is -0.413 e. The number of halogens is 1. The number of hydrogen-bond donors (Lipinski definition) is 0.